The van der Waals surface area contributed by atoms with Gasteiger partial charge in [0.05, 0.1) is 18.2 Å². The molecule has 0 radical (unpaired) electrons. The van der Waals surface area contributed by atoms with Crippen LogP contribution in [0.15, 0.2) is 42.7 Å². The van der Waals surface area contributed by atoms with E-state index in [2.05, 4.69) is 9.97 Å². The first kappa shape index (κ1) is 17.4. The highest BCUT2D eigenvalue weighted by atomic mass is 35.5. The molecule has 3 heterocycles. The molecule has 3 rings (SSSR count). The minimum absolute atomic E-state index is 0.0168. The van der Waals surface area contributed by atoms with Crippen LogP contribution < -0.4 is 0 Å². The number of carbonyl (C=O) groups is 2. The van der Waals surface area contributed by atoms with Crippen molar-refractivity contribution in [2.75, 3.05) is 13.6 Å². The zero-order chi connectivity index (χ0) is 17.8. The number of aromatic nitrogens is 2. The van der Waals surface area contributed by atoms with Crippen molar-refractivity contribution in [2.45, 2.75) is 19.5 Å². The maximum absolute atomic E-state index is 12.7. The van der Waals surface area contributed by atoms with Crippen molar-refractivity contribution in [2.24, 2.45) is 5.92 Å². The van der Waals surface area contributed by atoms with Gasteiger partial charge >= 0.3 is 0 Å². The minimum atomic E-state index is -0.336. The molecule has 6 nitrogen and oxygen atoms in total. The molecule has 7 heteroatoms. The van der Waals surface area contributed by atoms with Crippen molar-refractivity contribution in [3.8, 4) is 0 Å². The molecule has 2 amide bonds. The van der Waals surface area contributed by atoms with Crippen LogP contribution in [0.4, 0.5) is 0 Å². The third-order valence-electron chi connectivity index (χ3n) is 4.26. The summed E-state index contributed by atoms with van der Waals surface area (Å²) in [5.41, 5.74) is 1.61. The zero-order valence-corrected chi connectivity index (χ0v) is 14.7. The van der Waals surface area contributed by atoms with Gasteiger partial charge in [0.1, 0.15) is 5.15 Å². The molecule has 2 aromatic rings. The molecule has 2 aromatic heterocycles. The normalized spacial score (nSPS) is 17.0. The predicted octanol–water partition coefficient (Wildman–Crippen LogP) is 2.14. The molecule has 1 aliphatic rings. The molecular formula is C18H19ClN4O2. The van der Waals surface area contributed by atoms with Gasteiger partial charge in [-0.05, 0) is 18.2 Å². The van der Waals surface area contributed by atoms with E-state index in [9.17, 15) is 9.59 Å². The lowest BCUT2D eigenvalue weighted by molar-refractivity contribution is -0.135. The molecule has 0 bridgehead atoms. The molecule has 1 fully saturated rings. The van der Waals surface area contributed by atoms with E-state index in [4.69, 9.17) is 11.6 Å². The van der Waals surface area contributed by atoms with E-state index >= 15 is 0 Å². The highest BCUT2D eigenvalue weighted by Crippen LogP contribution is 2.23. The quantitative estimate of drug-likeness (QED) is 0.768. The van der Waals surface area contributed by atoms with E-state index in [1.807, 2.05) is 24.3 Å². The van der Waals surface area contributed by atoms with E-state index in [0.717, 1.165) is 11.3 Å². The van der Waals surface area contributed by atoms with Gasteiger partial charge in [-0.1, -0.05) is 23.7 Å². The number of amides is 2. The van der Waals surface area contributed by atoms with Crippen molar-refractivity contribution in [1.29, 1.82) is 0 Å². The van der Waals surface area contributed by atoms with E-state index in [0.29, 0.717) is 24.8 Å². The molecule has 0 saturated carbocycles. The van der Waals surface area contributed by atoms with E-state index in [-0.39, 0.29) is 24.2 Å². The standard InChI is InChI=1S/C18H19ClN4O2/c1-22(10-13-5-4-8-21-17(13)19)18(25)14-9-16(24)23(11-14)12-15-6-2-3-7-20-15/h2-8,14H,9-12H2,1H3/t14-/m1/s1. The van der Waals surface area contributed by atoms with Gasteiger partial charge in [-0.25, -0.2) is 4.98 Å². The number of nitrogens with zero attached hydrogens (tertiary/aromatic N) is 4. The summed E-state index contributed by atoms with van der Waals surface area (Å²) in [6, 6.07) is 9.22. The van der Waals surface area contributed by atoms with Crippen molar-refractivity contribution in [3.05, 3.63) is 59.1 Å². The minimum Gasteiger partial charge on any atom is -0.341 e. The van der Waals surface area contributed by atoms with E-state index in [1.165, 1.54) is 0 Å². The number of pyridine rings is 2. The first-order chi connectivity index (χ1) is 12.0. The summed E-state index contributed by atoms with van der Waals surface area (Å²) in [4.78, 5) is 36.4. The van der Waals surface area contributed by atoms with Gasteiger partial charge < -0.3 is 9.80 Å². The predicted molar refractivity (Wildman–Crippen MR) is 93.5 cm³/mol. The van der Waals surface area contributed by atoms with Crippen molar-refractivity contribution < 1.29 is 9.59 Å². The van der Waals surface area contributed by atoms with Gasteiger partial charge in [-0.3, -0.25) is 14.6 Å². The number of rotatable bonds is 5. The molecule has 1 aliphatic heterocycles. The highest BCUT2D eigenvalue weighted by Gasteiger charge is 2.35. The van der Waals surface area contributed by atoms with Gasteiger partial charge in [0.15, 0.2) is 0 Å². The summed E-state index contributed by atoms with van der Waals surface area (Å²) in [6.07, 6.45) is 3.54. The molecule has 130 valence electrons. The summed E-state index contributed by atoms with van der Waals surface area (Å²) >= 11 is 6.05. The second kappa shape index (κ2) is 7.61. The Balaban J connectivity index is 1.61. The monoisotopic (exact) mass is 358 g/mol. The Kier molecular flexibility index (Phi) is 5.28. The first-order valence-corrected chi connectivity index (χ1v) is 8.44. The van der Waals surface area contributed by atoms with Crippen LogP contribution in [0.1, 0.15) is 17.7 Å². The molecule has 1 saturated heterocycles. The molecule has 0 aromatic carbocycles. The summed E-state index contributed by atoms with van der Waals surface area (Å²) in [5.74, 6) is -0.412. The number of carbonyl (C=O) groups excluding carboxylic acids is 2. The van der Waals surface area contributed by atoms with E-state index in [1.54, 1.807) is 35.3 Å². The zero-order valence-electron chi connectivity index (χ0n) is 13.9. The number of likely N-dealkylation sites (tertiary alicyclic amines) is 1. The highest BCUT2D eigenvalue weighted by molar-refractivity contribution is 6.30. The van der Waals surface area contributed by atoms with Crippen LogP contribution in [-0.4, -0.2) is 45.2 Å². The third-order valence-corrected chi connectivity index (χ3v) is 4.60. The SMILES string of the molecule is CN(Cc1cccnc1Cl)C(=O)[C@@H]1CC(=O)N(Cc2ccccn2)C1. The van der Waals surface area contributed by atoms with Gasteiger partial charge in [-0.2, -0.15) is 0 Å². The summed E-state index contributed by atoms with van der Waals surface area (Å²) < 4.78 is 0. The Morgan fingerprint density at radius 3 is 2.80 bits per heavy atom. The lowest BCUT2D eigenvalue weighted by atomic mass is 10.1. The van der Waals surface area contributed by atoms with Crippen molar-refractivity contribution in [3.63, 3.8) is 0 Å². The number of hydrogen-bond donors (Lipinski definition) is 0. The summed E-state index contributed by atoms with van der Waals surface area (Å²) in [6.45, 7) is 1.22. The Morgan fingerprint density at radius 1 is 1.28 bits per heavy atom. The largest absolute Gasteiger partial charge is 0.341 e. The van der Waals surface area contributed by atoms with Gasteiger partial charge in [0.2, 0.25) is 11.8 Å². The van der Waals surface area contributed by atoms with Gasteiger partial charge in [0.25, 0.3) is 0 Å². The fourth-order valence-corrected chi connectivity index (χ4v) is 3.14. The van der Waals surface area contributed by atoms with Crippen LogP contribution in [0.25, 0.3) is 0 Å². The molecule has 25 heavy (non-hydrogen) atoms. The molecule has 0 spiro atoms. The second-order valence-electron chi connectivity index (χ2n) is 6.14. The fraction of sp³-hybridized carbons (Fsp3) is 0.333. The number of halogens is 1. The van der Waals surface area contributed by atoms with Crippen LogP contribution in [-0.2, 0) is 22.7 Å². The van der Waals surface area contributed by atoms with Gasteiger partial charge in [-0.15, -0.1) is 0 Å². The van der Waals surface area contributed by atoms with Crippen molar-refractivity contribution in [1.82, 2.24) is 19.8 Å². The molecule has 0 N–H and O–H groups in total. The van der Waals surface area contributed by atoms with Crippen LogP contribution in [0.2, 0.25) is 5.15 Å². The maximum Gasteiger partial charge on any atom is 0.228 e. The number of hydrogen-bond acceptors (Lipinski definition) is 4. The maximum atomic E-state index is 12.7. The van der Waals surface area contributed by atoms with Crippen molar-refractivity contribution >= 4 is 23.4 Å². The second-order valence-corrected chi connectivity index (χ2v) is 6.50. The lowest BCUT2D eigenvalue weighted by Gasteiger charge is -2.21. The summed E-state index contributed by atoms with van der Waals surface area (Å²) in [7, 11) is 1.72. The average Bonchev–Trinajstić information content (AvgIpc) is 2.98. The van der Waals surface area contributed by atoms with E-state index < -0.39 is 0 Å². The van der Waals surface area contributed by atoms with Crippen LogP contribution >= 0.6 is 11.6 Å². The Hall–Kier alpha value is -2.47. The Morgan fingerprint density at radius 2 is 2.08 bits per heavy atom. The summed E-state index contributed by atoms with van der Waals surface area (Å²) in [5, 5.41) is 0.390. The molecule has 0 aliphatic carbocycles. The fourth-order valence-electron chi connectivity index (χ4n) is 2.96. The first-order valence-electron chi connectivity index (χ1n) is 8.06. The average molecular weight is 359 g/mol. The topological polar surface area (TPSA) is 66.4 Å². The smallest absolute Gasteiger partial charge is 0.228 e. The third kappa shape index (κ3) is 4.14. The van der Waals surface area contributed by atoms with Crippen LogP contribution in [0.3, 0.4) is 0 Å². The van der Waals surface area contributed by atoms with Crippen LogP contribution in [0.5, 0.6) is 0 Å². The Bertz CT molecular complexity index is 769. The lowest BCUT2D eigenvalue weighted by Crippen LogP contribution is -2.34. The molecule has 0 unspecified atom stereocenters. The molecule has 1 atom stereocenters. The van der Waals surface area contributed by atoms with Gasteiger partial charge in [0, 0.05) is 44.5 Å². The van der Waals surface area contributed by atoms with Crippen LogP contribution in [0, 0.1) is 5.92 Å². The molecular weight excluding hydrogens is 340 g/mol. The Labute approximate surface area is 151 Å².